The third-order valence-electron chi connectivity index (χ3n) is 2.00. The molecule has 1 atom stereocenters. The van der Waals surface area contributed by atoms with E-state index in [1.807, 2.05) is 0 Å². The van der Waals surface area contributed by atoms with Gasteiger partial charge >= 0.3 is 5.97 Å². The first-order chi connectivity index (χ1) is 7.04. The van der Waals surface area contributed by atoms with Crippen molar-refractivity contribution in [2.45, 2.75) is 12.5 Å². The SMILES string of the molecule is COC(=O)C[C@@H](N)c1cc(F)ccc1O. The van der Waals surface area contributed by atoms with Crippen molar-refractivity contribution < 1.29 is 19.0 Å². The molecule has 0 spiro atoms. The molecule has 5 heteroatoms. The summed E-state index contributed by atoms with van der Waals surface area (Å²) in [6, 6.07) is 2.64. The Morgan fingerprint density at radius 3 is 2.93 bits per heavy atom. The van der Waals surface area contributed by atoms with Crippen LogP contribution >= 0.6 is 0 Å². The van der Waals surface area contributed by atoms with Crippen LogP contribution in [0.3, 0.4) is 0 Å². The van der Waals surface area contributed by atoms with Crippen LogP contribution < -0.4 is 5.73 Å². The Morgan fingerprint density at radius 2 is 2.33 bits per heavy atom. The predicted octanol–water partition coefficient (Wildman–Crippen LogP) is 1.09. The van der Waals surface area contributed by atoms with E-state index in [1.54, 1.807) is 0 Å². The molecule has 0 aromatic heterocycles. The van der Waals surface area contributed by atoms with E-state index in [-0.39, 0.29) is 17.7 Å². The summed E-state index contributed by atoms with van der Waals surface area (Å²) in [5.41, 5.74) is 5.81. The Balaban J connectivity index is 2.85. The number of rotatable bonds is 3. The number of carbonyl (C=O) groups is 1. The summed E-state index contributed by atoms with van der Waals surface area (Å²) in [6.07, 6.45) is -0.104. The minimum atomic E-state index is -0.770. The number of halogens is 1. The smallest absolute Gasteiger partial charge is 0.307 e. The highest BCUT2D eigenvalue weighted by molar-refractivity contribution is 5.70. The van der Waals surface area contributed by atoms with E-state index >= 15 is 0 Å². The van der Waals surface area contributed by atoms with Crippen molar-refractivity contribution in [3.05, 3.63) is 29.6 Å². The van der Waals surface area contributed by atoms with E-state index < -0.39 is 17.8 Å². The number of carbonyl (C=O) groups excluding carboxylic acids is 1. The van der Waals surface area contributed by atoms with Gasteiger partial charge in [0.15, 0.2) is 0 Å². The molecule has 1 aromatic rings. The second-order valence-electron chi connectivity index (χ2n) is 3.09. The van der Waals surface area contributed by atoms with Crippen molar-refractivity contribution >= 4 is 5.97 Å². The minimum absolute atomic E-state index is 0.104. The maximum atomic E-state index is 12.8. The zero-order valence-electron chi connectivity index (χ0n) is 8.24. The molecule has 3 N–H and O–H groups in total. The summed E-state index contributed by atoms with van der Waals surface area (Å²) in [7, 11) is 1.24. The second kappa shape index (κ2) is 4.75. The van der Waals surface area contributed by atoms with Gasteiger partial charge in [0.2, 0.25) is 0 Å². The molecule has 4 nitrogen and oxygen atoms in total. The van der Waals surface area contributed by atoms with Gasteiger partial charge in [-0.05, 0) is 18.2 Å². The normalized spacial score (nSPS) is 12.2. The molecule has 82 valence electrons. The van der Waals surface area contributed by atoms with Crippen LogP contribution in [-0.2, 0) is 9.53 Å². The highest BCUT2D eigenvalue weighted by atomic mass is 19.1. The molecule has 15 heavy (non-hydrogen) atoms. The lowest BCUT2D eigenvalue weighted by Crippen LogP contribution is -2.16. The molecular formula is C10H12FNO3. The molecule has 0 aliphatic heterocycles. The van der Waals surface area contributed by atoms with Crippen LogP contribution in [0, 0.1) is 5.82 Å². The van der Waals surface area contributed by atoms with Gasteiger partial charge in [-0.25, -0.2) is 4.39 Å². The molecule has 0 bridgehead atoms. The lowest BCUT2D eigenvalue weighted by atomic mass is 10.0. The van der Waals surface area contributed by atoms with Crippen LogP contribution in [0.5, 0.6) is 5.75 Å². The molecule has 0 saturated carbocycles. The number of hydrogen-bond donors (Lipinski definition) is 2. The summed E-state index contributed by atoms with van der Waals surface area (Å²) < 4.78 is 17.3. The molecule has 0 radical (unpaired) electrons. The number of aromatic hydroxyl groups is 1. The molecule has 0 saturated heterocycles. The average Bonchev–Trinajstić information content (AvgIpc) is 2.21. The van der Waals surface area contributed by atoms with Gasteiger partial charge in [0.05, 0.1) is 13.5 Å². The van der Waals surface area contributed by atoms with Crippen LogP contribution in [0.15, 0.2) is 18.2 Å². The van der Waals surface area contributed by atoms with Crippen LogP contribution in [0.1, 0.15) is 18.0 Å². The summed E-state index contributed by atoms with van der Waals surface area (Å²) in [4.78, 5) is 10.9. The Labute approximate surface area is 86.5 Å². The first-order valence-electron chi connectivity index (χ1n) is 4.35. The third kappa shape index (κ3) is 2.92. The van der Waals surface area contributed by atoms with Gasteiger partial charge in [-0.15, -0.1) is 0 Å². The highest BCUT2D eigenvalue weighted by Gasteiger charge is 2.15. The van der Waals surface area contributed by atoms with Gasteiger partial charge < -0.3 is 15.6 Å². The molecule has 0 unspecified atom stereocenters. The number of phenolic OH excluding ortho intramolecular Hbond substituents is 1. The number of hydrogen-bond acceptors (Lipinski definition) is 4. The number of nitrogens with two attached hydrogens (primary N) is 1. The van der Waals surface area contributed by atoms with Crippen molar-refractivity contribution in [3.8, 4) is 5.75 Å². The lowest BCUT2D eigenvalue weighted by molar-refractivity contribution is -0.141. The highest BCUT2D eigenvalue weighted by Crippen LogP contribution is 2.25. The fraction of sp³-hybridized carbons (Fsp3) is 0.300. The molecule has 0 heterocycles. The molecule has 0 aliphatic rings. The predicted molar refractivity (Wildman–Crippen MR) is 51.6 cm³/mol. The molecular weight excluding hydrogens is 201 g/mol. The molecule has 0 aliphatic carbocycles. The van der Waals surface area contributed by atoms with E-state index in [2.05, 4.69) is 4.74 Å². The average molecular weight is 213 g/mol. The van der Waals surface area contributed by atoms with Crippen molar-refractivity contribution in [1.29, 1.82) is 0 Å². The minimum Gasteiger partial charge on any atom is -0.508 e. The summed E-state index contributed by atoms with van der Waals surface area (Å²) >= 11 is 0. The van der Waals surface area contributed by atoms with E-state index in [0.717, 1.165) is 12.1 Å². The van der Waals surface area contributed by atoms with Crippen molar-refractivity contribution in [2.75, 3.05) is 7.11 Å². The van der Waals surface area contributed by atoms with Gasteiger partial charge in [0.1, 0.15) is 11.6 Å². The summed E-state index contributed by atoms with van der Waals surface area (Å²) in [5.74, 6) is -1.15. The van der Waals surface area contributed by atoms with Crippen molar-refractivity contribution in [2.24, 2.45) is 5.73 Å². The summed E-state index contributed by atoms with van der Waals surface area (Å²) in [6.45, 7) is 0. The number of phenols is 1. The van der Waals surface area contributed by atoms with Crippen LogP contribution in [0.2, 0.25) is 0 Å². The number of esters is 1. The Hall–Kier alpha value is -1.62. The monoisotopic (exact) mass is 213 g/mol. The molecule has 1 aromatic carbocycles. The Kier molecular flexibility index (Phi) is 3.62. The van der Waals surface area contributed by atoms with Crippen LogP contribution in [0.25, 0.3) is 0 Å². The van der Waals surface area contributed by atoms with Crippen LogP contribution in [-0.4, -0.2) is 18.2 Å². The maximum Gasteiger partial charge on any atom is 0.307 e. The number of benzene rings is 1. The third-order valence-corrected chi connectivity index (χ3v) is 2.00. The van der Waals surface area contributed by atoms with E-state index in [9.17, 15) is 14.3 Å². The first-order valence-corrected chi connectivity index (χ1v) is 4.35. The number of ether oxygens (including phenoxy) is 1. The largest absolute Gasteiger partial charge is 0.508 e. The standard InChI is InChI=1S/C10H12FNO3/c1-15-10(14)5-8(12)7-4-6(11)2-3-9(7)13/h2-4,8,13H,5,12H2,1H3/t8-/m1/s1. The Morgan fingerprint density at radius 1 is 1.67 bits per heavy atom. The Bertz CT molecular complexity index is 368. The van der Waals surface area contributed by atoms with Gasteiger partial charge in [-0.3, -0.25) is 4.79 Å². The topological polar surface area (TPSA) is 72.5 Å². The fourth-order valence-corrected chi connectivity index (χ4v) is 1.20. The second-order valence-corrected chi connectivity index (χ2v) is 3.09. The lowest BCUT2D eigenvalue weighted by Gasteiger charge is -2.12. The quantitative estimate of drug-likeness (QED) is 0.737. The van der Waals surface area contributed by atoms with E-state index in [4.69, 9.17) is 5.73 Å². The van der Waals surface area contributed by atoms with Gasteiger partial charge in [-0.2, -0.15) is 0 Å². The molecule has 1 rings (SSSR count). The van der Waals surface area contributed by atoms with Crippen molar-refractivity contribution in [3.63, 3.8) is 0 Å². The molecule has 0 fully saturated rings. The fourth-order valence-electron chi connectivity index (χ4n) is 1.20. The van der Waals surface area contributed by atoms with E-state index in [0.29, 0.717) is 0 Å². The van der Waals surface area contributed by atoms with Crippen LogP contribution in [0.4, 0.5) is 4.39 Å². The zero-order chi connectivity index (χ0) is 11.4. The van der Waals surface area contributed by atoms with Gasteiger partial charge in [0, 0.05) is 11.6 Å². The van der Waals surface area contributed by atoms with Crippen molar-refractivity contribution in [1.82, 2.24) is 0 Å². The van der Waals surface area contributed by atoms with Gasteiger partial charge in [0.25, 0.3) is 0 Å². The zero-order valence-corrected chi connectivity index (χ0v) is 8.24. The first kappa shape index (κ1) is 11.5. The maximum absolute atomic E-state index is 12.8. The van der Waals surface area contributed by atoms with E-state index in [1.165, 1.54) is 13.2 Å². The number of methoxy groups -OCH3 is 1. The van der Waals surface area contributed by atoms with Gasteiger partial charge in [-0.1, -0.05) is 0 Å². The molecule has 0 amide bonds. The summed E-state index contributed by atoms with van der Waals surface area (Å²) in [5, 5.41) is 9.39.